The molecule has 174 valence electrons. The molecule has 3 unspecified atom stereocenters. The number of hydrogen-bond acceptors (Lipinski definition) is 6. The lowest BCUT2D eigenvalue weighted by atomic mass is 9.89. The summed E-state index contributed by atoms with van der Waals surface area (Å²) < 4.78 is 17.4. The van der Waals surface area contributed by atoms with Gasteiger partial charge < -0.3 is 20.1 Å². The number of amides is 2. The molecule has 1 aliphatic heterocycles. The Morgan fingerprint density at radius 2 is 1.91 bits per heavy atom. The number of carbonyl (C=O) groups is 4. The monoisotopic (exact) mass is 464 g/mol. The maximum Gasteiger partial charge on any atom is 0.323 e. The Morgan fingerprint density at radius 3 is 2.50 bits per heavy atom. The van der Waals surface area contributed by atoms with Gasteiger partial charge in [-0.2, -0.15) is 0 Å². The van der Waals surface area contributed by atoms with Crippen LogP contribution in [-0.4, -0.2) is 68.5 Å². The van der Waals surface area contributed by atoms with Crippen molar-refractivity contribution in [2.75, 3.05) is 12.3 Å². The topological polar surface area (TPSA) is 130 Å². The van der Waals surface area contributed by atoms with E-state index in [1.54, 1.807) is 45.0 Å². The molecule has 1 heterocycles. The second-order valence-corrected chi connectivity index (χ2v) is 9.15. The van der Waals surface area contributed by atoms with Gasteiger partial charge in [0, 0.05) is 22.0 Å². The van der Waals surface area contributed by atoms with Gasteiger partial charge in [0.15, 0.2) is 0 Å². The predicted molar refractivity (Wildman–Crippen MR) is 118 cm³/mol. The first-order valence-electron chi connectivity index (χ1n) is 10.2. The average molecular weight is 465 g/mol. The van der Waals surface area contributed by atoms with Crippen LogP contribution in [0.25, 0.3) is 0 Å². The largest absolute Gasteiger partial charge is 0.480 e. The number of likely N-dealkylation sites (tertiary alicyclic amines) is 1. The fourth-order valence-corrected chi connectivity index (χ4v) is 4.41. The number of hydrogen-bond donors (Lipinski definition) is 2. The van der Waals surface area contributed by atoms with Gasteiger partial charge in [-0.05, 0) is 31.9 Å². The molecular formula is C22H28N2O7S. The average Bonchev–Trinajstić information content (AvgIpc) is 2.70. The summed E-state index contributed by atoms with van der Waals surface area (Å²) in [6, 6.07) is 7.33. The normalized spacial score (nSPS) is 19.3. The Hall–Kier alpha value is -3.01. The second-order valence-electron chi connectivity index (χ2n) is 7.75. The van der Waals surface area contributed by atoms with Crippen LogP contribution in [0.5, 0.6) is 0 Å². The molecule has 0 bridgehead atoms. The van der Waals surface area contributed by atoms with Crippen LogP contribution >= 0.6 is 0 Å². The highest BCUT2D eigenvalue weighted by Gasteiger charge is 2.49. The van der Waals surface area contributed by atoms with Crippen molar-refractivity contribution in [2.24, 2.45) is 0 Å². The molecule has 1 aliphatic rings. The smallest absolute Gasteiger partial charge is 0.323 e. The zero-order valence-electron chi connectivity index (χ0n) is 18.3. The zero-order valence-corrected chi connectivity index (χ0v) is 19.1. The highest BCUT2D eigenvalue weighted by atomic mass is 32.2. The lowest BCUT2D eigenvalue weighted by Gasteiger charge is -2.47. The van der Waals surface area contributed by atoms with Crippen LogP contribution in [-0.2, 0) is 41.1 Å². The molecule has 0 aromatic heterocycles. The van der Waals surface area contributed by atoms with Gasteiger partial charge in [0.25, 0.3) is 0 Å². The van der Waals surface area contributed by atoms with E-state index in [9.17, 15) is 23.4 Å². The summed E-state index contributed by atoms with van der Waals surface area (Å²) in [4.78, 5) is 48.8. The van der Waals surface area contributed by atoms with Crippen LogP contribution in [0.3, 0.4) is 0 Å². The molecule has 0 spiro atoms. The molecular weight excluding hydrogens is 436 g/mol. The minimum atomic E-state index is -1.53. The van der Waals surface area contributed by atoms with Crippen molar-refractivity contribution < 1.29 is 33.2 Å². The van der Waals surface area contributed by atoms with E-state index in [-0.39, 0.29) is 30.6 Å². The number of esters is 1. The van der Waals surface area contributed by atoms with Crippen LogP contribution in [0.4, 0.5) is 0 Å². The molecule has 0 saturated carbocycles. The standard InChI is InChI=1S/C22H28N2O7S/c1-14(2)31-19(28)9-10-32(30)13-15(3)21-20(22(29)24(21)12-18(26)27)23-17(25)11-16-7-5-4-6-8-16/h4-8,13-14,20-21H,9-12H2,1-3H3,(H,23,25)(H,26,27). The number of carboxylic acid groups (broad SMARTS) is 1. The predicted octanol–water partition coefficient (Wildman–Crippen LogP) is 1.00. The molecule has 1 fully saturated rings. The highest BCUT2D eigenvalue weighted by Crippen LogP contribution is 2.27. The summed E-state index contributed by atoms with van der Waals surface area (Å²) in [5.41, 5.74) is 1.25. The minimum Gasteiger partial charge on any atom is -0.480 e. The van der Waals surface area contributed by atoms with Gasteiger partial charge in [-0.25, -0.2) is 0 Å². The maximum absolute atomic E-state index is 12.5. The lowest BCUT2D eigenvalue weighted by molar-refractivity contribution is -0.157. The summed E-state index contributed by atoms with van der Waals surface area (Å²) >= 11 is 0. The molecule has 1 saturated heterocycles. The first-order chi connectivity index (χ1) is 15.1. The van der Waals surface area contributed by atoms with Gasteiger partial charge in [0.05, 0.1) is 25.0 Å². The molecule has 0 aliphatic carbocycles. The maximum atomic E-state index is 12.5. The van der Waals surface area contributed by atoms with Crippen molar-refractivity contribution >= 4 is 34.6 Å². The summed E-state index contributed by atoms with van der Waals surface area (Å²) in [6.45, 7) is 4.52. The van der Waals surface area contributed by atoms with Gasteiger partial charge in [0.2, 0.25) is 11.8 Å². The fraction of sp³-hybridized carbons (Fsp3) is 0.455. The van der Waals surface area contributed by atoms with Crippen molar-refractivity contribution in [3.63, 3.8) is 0 Å². The molecule has 9 nitrogen and oxygen atoms in total. The van der Waals surface area contributed by atoms with Gasteiger partial charge in [-0.15, -0.1) is 0 Å². The number of β-lactam (4-membered cyclic amide) rings is 1. The van der Waals surface area contributed by atoms with E-state index in [0.717, 1.165) is 10.5 Å². The SMILES string of the molecule is CC(=CS(=O)CCC(=O)OC(C)C)C1C(NC(=O)Cc2ccccc2)C(=O)N1CC(=O)O. The zero-order chi connectivity index (χ0) is 23.8. The summed E-state index contributed by atoms with van der Waals surface area (Å²) in [5, 5.41) is 13.2. The Morgan fingerprint density at radius 1 is 1.25 bits per heavy atom. The van der Waals surface area contributed by atoms with E-state index in [1.807, 2.05) is 6.07 Å². The third-order valence-corrected chi connectivity index (χ3v) is 5.93. The van der Waals surface area contributed by atoms with Crippen molar-refractivity contribution in [3.05, 3.63) is 46.9 Å². The third-order valence-electron chi connectivity index (χ3n) is 4.69. The molecule has 2 amide bonds. The number of ether oxygens (including phenoxy) is 1. The van der Waals surface area contributed by atoms with Gasteiger partial charge in [-0.1, -0.05) is 30.3 Å². The molecule has 1 aromatic carbocycles. The minimum absolute atomic E-state index is 0.0335. The fourth-order valence-electron chi connectivity index (χ4n) is 3.37. The molecule has 3 atom stereocenters. The highest BCUT2D eigenvalue weighted by molar-refractivity contribution is 7.88. The second kappa shape index (κ2) is 11.6. The van der Waals surface area contributed by atoms with Crippen molar-refractivity contribution in [3.8, 4) is 0 Å². The Bertz CT molecular complexity index is 914. The van der Waals surface area contributed by atoms with Crippen molar-refractivity contribution in [1.82, 2.24) is 10.2 Å². The molecule has 10 heteroatoms. The Labute approximate surface area is 189 Å². The van der Waals surface area contributed by atoms with E-state index in [1.165, 1.54) is 5.41 Å². The van der Waals surface area contributed by atoms with E-state index in [4.69, 9.17) is 9.84 Å². The van der Waals surface area contributed by atoms with Crippen molar-refractivity contribution in [1.29, 1.82) is 0 Å². The van der Waals surface area contributed by atoms with Crippen LogP contribution in [0.15, 0.2) is 41.3 Å². The Balaban J connectivity index is 2.06. The molecule has 0 radical (unpaired) electrons. The number of carbonyl (C=O) groups excluding carboxylic acids is 3. The quantitative estimate of drug-likeness (QED) is 0.369. The number of aliphatic carboxylic acids is 1. The van der Waals surface area contributed by atoms with Gasteiger partial charge in [0.1, 0.15) is 12.6 Å². The van der Waals surface area contributed by atoms with Crippen LogP contribution in [0.2, 0.25) is 0 Å². The molecule has 1 aromatic rings. The number of nitrogens with zero attached hydrogens (tertiary/aromatic N) is 1. The van der Waals surface area contributed by atoms with E-state index in [2.05, 4.69) is 5.32 Å². The molecule has 2 N–H and O–H groups in total. The van der Waals surface area contributed by atoms with Crippen LogP contribution < -0.4 is 5.32 Å². The van der Waals surface area contributed by atoms with E-state index >= 15 is 0 Å². The third kappa shape index (κ3) is 7.30. The molecule has 32 heavy (non-hydrogen) atoms. The van der Waals surface area contributed by atoms with Crippen LogP contribution in [0.1, 0.15) is 32.8 Å². The van der Waals surface area contributed by atoms with Crippen LogP contribution in [0, 0.1) is 0 Å². The Kier molecular flexibility index (Phi) is 9.13. The number of benzene rings is 1. The van der Waals surface area contributed by atoms with E-state index < -0.39 is 47.3 Å². The number of rotatable bonds is 11. The first kappa shape index (κ1) is 25.3. The first-order valence-corrected chi connectivity index (χ1v) is 11.6. The van der Waals surface area contributed by atoms with Gasteiger partial charge >= 0.3 is 11.9 Å². The lowest BCUT2D eigenvalue weighted by Crippen LogP contribution is -2.71. The van der Waals surface area contributed by atoms with E-state index in [0.29, 0.717) is 5.57 Å². The summed E-state index contributed by atoms with van der Waals surface area (Å²) in [7, 11) is -1.53. The molecule has 2 rings (SSSR count). The summed E-state index contributed by atoms with van der Waals surface area (Å²) in [5.74, 6) is -2.51. The summed E-state index contributed by atoms with van der Waals surface area (Å²) in [6.07, 6.45) is -0.226. The van der Waals surface area contributed by atoms with Gasteiger partial charge in [-0.3, -0.25) is 23.4 Å². The van der Waals surface area contributed by atoms with Crippen molar-refractivity contribution in [2.45, 2.75) is 51.8 Å². The number of nitrogens with one attached hydrogen (secondary N) is 1. The number of carboxylic acids is 1.